The van der Waals surface area contributed by atoms with Gasteiger partial charge in [0.25, 0.3) is 0 Å². The third-order valence-corrected chi connectivity index (χ3v) is 10.6. The molecule has 4 aliphatic carbocycles. The second-order valence-electron chi connectivity index (χ2n) is 12.2. The van der Waals surface area contributed by atoms with Crippen molar-refractivity contribution in [3.63, 3.8) is 0 Å². The summed E-state index contributed by atoms with van der Waals surface area (Å²) in [6.45, 7) is 14.7. The minimum absolute atomic E-state index is 0.0866. The van der Waals surface area contributed by atoms with E-state index >= 15 is 0 Å². The second-order valence-corrected chi connectivity index (χ2v) is 12.2. The number of aliphatic hydroxyl groups excluding tert-OH is 1. The average Bonchev–Trinajstić information content (AvgIpc) is 3.03. The lowest BCUT2D eigenvalue weighted by Crippen LogP contribution is -2.50. The first-order chi connectivity index (χ1) is 13.7. The predicted octanol–water partition coefficient (Wildman–Crippen LogP) is 7.41. The summed E-state index contributed by atoms with van der Waals surface area (Å²) in [7, 11) is 0. The van der Waals surface area contributed by atoms with Crippen molar-refractivity contribution in [3.8, 4) is 0 Å². The molecule has 4 rings (SSSR count). The van der Waals surface area contributed by atoms with Crippen LogP contribution < -0.4 is 0 Å². The molecule has 0 aromatic rings. The van der Waals surface area contributed by atoms with E-state index in [1.807, 2.05) is 0 Å². The van der Waals surface area contributed by atoms with Gasteiger partial charge in [-0.1, -0.05) is 65.3 Å². The van der Waals surface area contributed by atoms with Gasteiger partial charge in [-0.25, -0.2) is 0 Å². The van der Waals surface area contributed by atoms with Crippen molar-refractivity contribution in [3.05, 3.63) is 23.8 Å². The molecule has 3 fully saturated rings. The van der Waals surface area contributed by atoms with Crippen molar-refractivity contribution < 1.29 is 5.11 Å². The molecule has 0 amide bonds. The summed E-state index contributed by atoms with van der Waals surface area (Å²) in [6.07, 6.45) is 17.7. The Bertz CT molecular complexity index is 659. The summed E-state index contributed by atoms with van der Waals surface area (Å²) in [5.74, 6) is 5.63. The molecule has 3 saturated carbocycles. The molecule has 9 atom stereocenters. The molecule has 0 unspecified atom stereocenters. The molecule has 1 nitrogen and oxygen atoms in total. The van der Waals surface area contributed by atoms with Crippen LogP contribution in [-0.4, -0.2) is 11.2 Å². The SMILES string of the molecule is CC(C)[C@@H](C)/C=C\[C@H](C)[C@H]1CC[C@@H]2[C@H]3CC=C4C[C@@H](O)CC[C@]4(C)[C@@H]3CC[C@@]21C. The zero-order valence-corrected chi connectivity index (χ0v) is 20.0. The van der Waals surface area contributed by atoms with Gasteiger partial charge in [-0.05, 0) is 104 Å². The predicted molar refractivity (Wildman–Crippen MR) is 124 cm³/mol. The highest BCUT2D eigenvalue weighted by Crippen LogP contribution is 2.67. The van der Waals surface area contributed by atoms with Crippen LogP contribution in [0.5, 0.6) is 0 Å². The molecule has 0 aliphatic heterocycles. The van der Waals surface area contributed by atoms with E-state index < -0.39 is 0 Å². The molecule has 0 heterocycles. The third-order valence-electron chi connectivity index (χ3n) is 10.6. The lowest BCUT2D eigenvalue weighted by Gasteiger charge is -2.58. The summed E-state index contributed by atoms with van der Waals surface area (Å²) in [6, 6.07) is 0. The van der Waals surface area contributed by atoms with Crippen LogP contribution in [0.15, 0.2) is 23.8 Å². The Kier molecular flexibility index (Phi) is 5.86. The van der Waals surface area contributed by atoms with E-state index in [2.05, 4.69) is 59.8 Å². The number of aliphatic hydroxyl groups is 1. The van der Waals surface area contributed by atoms with Crippen LogP contribution in [0.2, 0.25) is 0 Å². The van der Waals surface area contributed by atoms with Gasteiger partial charge in [0.15, 0.2) is 0 Å². The molecule has 1 N–H and O–H groups in total. The van der Waals surface area contributed by atoms with Crippen LogP contribution in [0.1, 0.15) is 92.9 Å². The van der Waals surface area contributed by atoms with E-state index in [0.29, 0.717) is 22.7 Å². The average molecular weight is 399 g/mol. The number of rotatable bonds is 4. The van der Waals surface area contributed by atoms with Crippen LogP contribution in [0.3, 0.4) is 0 Å². The maximum absolute atomic E-state index is 10.2. The Hall–Kier alpha value is -0.560. The molecule has 164 valence electrons. The molecule has 0 aromatic heterocycles. The summed E-state index contributed by atoms with van der Waals surface area (Å²) in [5.41, 5.74) is 2.51. The molecule has 0 spiro atoms. The molecule has 4 aliphatic rings. The third kappa shape index (κ3) is 3.58. The largest absolute Gasteiger partial charge is 0.393 e. The second kappa shape index (κ2) is 7.85. The number of hydrogen-bond donors (Lipinski definition) is 1. The Morgan fingerprint density at radius 2 is 1.72 bits per heavy atom. The van der Waals surface area contributed by atoms with Crippen LogP contribution in [0.25, 0.3) is 0 Å². The van der Waals surface area contributed by atoms with Crippen molar-refractivity contribution in [2.24, 2.45) is 52.3 Å². The van der Waals surface area contributed by atoms with Gasteiger partial charge >= 0.3 is 0 Å². The Morgan fingerprint density at radius 1 is 0.966 bits per heavy atom. The fourth-order valence-corrected chi connectivity index (χ4v) is 8.25. The molecule has 29 heavy (non-hydrogen) atoms. The zero-order valence-electron chi connectivity index (χ0n) is 20.0. The molecule has 0 radical (unpaired) electrons. The fraction of sp³-hybridized carbons (Fsp3) is 0.857. The van der Waals surface area contributed by atoms with Gasteiger partial charge in [-0.3, -0.25) is 0 Å². The van der Waals surface area contributed by atoms with E-state index in [0.717, 1.165) is 42.4 Å². The van der Waals surface area contributed by atoms with Crippen LogP contribution >= 0.6 is 0 Å². The standard InChI is InChI=1S/C28H46O/c1-18(2)19(3)7-8-20(4)24-11-12-25-23-10-9-21-17-22(29)13-15-27(21,5)26(23)14-16-28(24,25)6/h7-9,18-20,22-26,29H,10-17H2,1-6H3/b8-7-/t19-,20-,22-,23+,24+,25+,26+,27-,28+/m0/s1. The molecule has 1 heteroatoms. The van der Waals surface area contributed by atoms with Gasteiger partial charge in [0.05, 0.1) is 6.10 Å². The van der Waals surface area contributed by atoms with Gasteiger partial charge in [-0.2, -0.15) is 0 Å². The highest BCUT2D eigenvalue weighted by Gasteiger charge is 2.58. The fourth-order valence-electron chi connectivity index (χ4n) is 8.25. The maximum atomic E-state index is 10.2. The van der Waals surface area contributed by atoms with E-state index in [1.54, 1.807) is 5.57 Å². The maximum Gasteiger partial charge on any atom is 0.0577 e. The van der Waals surface area contributed by atoms with E-state index in [4.69, 9.17) is 0 Å². The van der Waals surface area contributed by atoms with Crippen molar-refractivity contribution in [2.75, 3.05) is 0 Å². The molecule has 0 bridgehead atoms. The minimum Gasteiger partial charge on any atom is -0.393 e. The van der Waals surface area contributed by atoms with Crippen LogP contribution in [0.4, 0.5) is 0 Å². The van der Waals surface area contributed by atoms with Crippen molar-refractivity contribution in [1.29, 1.82) is 0 Å². The number of fused-ring (bicyclic) bond motifs is 5. The van der Waals surface area contributed by atoms with Crippen LogP contribution in [-0.2, 0) is 0 Å². The normalized spacial score (nSPS) is 46.8. The highest BCUT2D eigenvalue weighted by molar-refractivity contribution is 5.25. The first kappa shape index (κ1) is 21.7. The highest BCUT2D eigenvalue weighted by atomic mass is 16.3. The summed E-state index contributed by atoms with van der Waals surface area (Å²) in [4.78, 5) is 0. The summed E-state index contributed by atoms with van der Waals surface area (Å²) in [5, 5.41) is 10.2. The minimum atomic E-state index is -0.0866. The van der Waals surface area contributed by atoms with Gasteiger partial charge < -0.3 is 5.11 Å². The number of allylic oxidation sites excluding steroid dienone is 3. The lowest BCUT2D eigenvalue weighted by molar-refractivity contribution is -0.0540. The van der Waals surface area contributed by atoms with Gasteiger partial charge in [0, 0.05) is 0 Å². The van der Waals surface area contributed by atoms with E-state index in [-0.39, 0.29) is 6.10 Å². The number of hydrogen-bond acceptors (Lipinski definition) is 1. The molecule has 0 saturated heterocycles. The van der Waals surface area contributed by atoms with E-state index in [1.165, 1.54) is 38.5 Å². The van der Waals surface area contributed by atoms with Crippen molar-refractivity contribution >= 4 is 0 Å². The first-order valence-electron chi connectivity index (χ1n) is 12.7. The smallest absolute Gasteiger partial charge is 0.0577 e. The molecular formula is C28H46O. The van der Waals surface area contributed by atoms with Gasteiger partial charge in [-0.15, -0.1) is 0 Å². The molecule has 0 aromatic carbocycles. The van der Waals surface area contributed by atoms with Gasteiger partial charge in [0.2, 0.25) is 0 Å². The first-order valence-corrected chi connectivity index (χ1v) is 12.7. The topological polar surface area (TPSA) is 20.2 Å². The van der Waals surface area contributed by atoms with Crippen molar-refractivity contribution in [2.45, 2.75) is 99.0 Å². The lowest BCUT2D eigenvalue weighted by atomic mass is 9.47. The van der Waals surface area contributed by atoms with Crippen molar-refractivity contribution in [1.82, 2.24) is 0 Å². The quantitative estimate of drug-likeness (QED) is 0.489. The Labute approximate surface area is 180 Å². The van der Waals surface area contributed by atoms with Gasteiger partial charge in [0.1, 0.15) is 0 Å². The molecular weight excluding hydrogens is 352 g/mol. The van der Waals surface area contributed by atoms with E-state index in [9.17, 15) is 5.11 Å². The van der Waals surface area contributed by atoms with Crippen LogP contribution in [0, 0.1) is 52.3 Å². The summed E-state index contributed by atoms with van der Waals surface area (Å²) < 4.78 is 0. The summed E-state index contributed by atoms with van der Waals surface area (Å²) >= 11 is 0. The Balaban J connectivity index is 1.53. The Morgan fingerprint density at radius 3 is 2.45 bits per heavy atom. The zero-order chi connectivity index (χ0) is 21.0. The monoisotopic (exact) mass is 398 g/mol.